The quantitative estimate of drug-likeness (QED) is 0.804. The molecule has 1 aliphatic carbocycles. The van der Waals surface area contributed by atoms with Crippen LogP contribution in [-0.4, -0.2) is 11.3 Å². The maximum Gasteiger partial charge on any atom is 0.389 e. The predicted molar refractivity (Wildman–Crippen MR) is 48.9 cm³/mol. The van der Waals surface area contributed by atoms with E-state index in [9.17, 15) is 18.3 Å². The van der Waals surface area contributed by atoms with Gasteiger partial charge in [0.15, 0.2) is 0 Å². The average Bonchev–Trinajstić information content (AvgIpc) is 2.77. The number of rotatable bonds is 2. The molecular weight excluding hydrogens is 205 g/mol. The monoisotopic (exact) mass is 215 g/mol. The van der Waals surface area contributed by atoms with Gasteiger partial charge in [-0.05, 0) is 12.0 Å². The van der Waals surface area contributed by atoms with Crippen molar-refractivity contribution in [3.05, 3.63) is 41.8 Å². The fourth-order valence-corrected chi connectivity index (χ4v) is 1.74. The highest BCUT2D eigenvalue weighted by atomic mass is 19.4. The second-order valence-corrected chi connectivity index (χ2v) is 3.80. The summed E-state index contributed by atoms with van der Waals surface area (Å²) in [5.74, 6) is 0.154. The van der Waals surface area contributed by atoms with Crippen molar-refractivity contribution in [1.82, 2.24) is 0 Å². The summed E-state index contributed by atoms with van der Waals surface area (Å²) in [6.45, 7) is 0. The first-order chi connectivity index (χ1) is 6.92. The molecule has 81 valence electrons. The van der Waals surface area contributed by atoms with E-state index < -0.39 is 18.2 Å². The topological polar surface area (TPSA) is 20.2 Å². The van der Waals surface area contributed by atoms with Gasteiger partial charge in [-0.3, -0.25) is 0 Å². The van der Waals surface area contributed by atoms with E-state index in [1.54, 1.807) is 30.3 Å². The van der Waals surface area contributed by atoms with E-state index in [1.807, 2.05) is 0 Å². The van der Waals surface area contributed by atoms with Crippen LogP contribution in [0.5, 0.6) is 0 Å². The normalized spacial score (nSPS) is 26.7. The molecule has 4 heteroatoms. The summed E-state index contributed by atoms with van der Waals surface area (Å²) < 4.78 is 36.2. The number of aliphatic hydroxyl groups is 1. The van der Waals surface area contributed by atoms with Crippen LogP contribution in [0.15, 0.2) is 30.3 Å². The van der Waals surface area contributed by atoms with Crippen LogP contribution in [0.3, 0.4) is 0 Å². The Labute approximate surface area is 85.5 Å². The summed E-state index contributed by atoms with van der Waals surface area (Å²) >= 11 is 0. The first kappa shape index (κ1) is 10.5. The van der Waals surface area contributed by atoms with E-state index in [0.717, 1.165) is 0 Å². The Hall–Kier alpha value is -1.03. The molecule has 2 rings (SSSR count). The highest BCUT2D eigenvalue weighted by Gasteiger charge is 2.58. The van der Waals surface area contributed by atoms with Gasteiger partial charge in [-0.1, -0.05) is 30.3 Å². The van der Waals surface area contributed by atoms with E-state index in [-0.39, 0.29) is 12.3 Å². The van der Waals surface area contributed by atoms with Crippen molar-refractivity contribution in [2.45, 2.75) is 24.6 Å². The lowest BCUT2D eigenvalue weighted by Gasteiger charge is -2.11. The minimum Gasteiger partial charge on any atom is -0.385 e. The first-order valence-electron chi connectivity index (χ1n) is 4.62. The third-order valence-electron chi connectivity index (χ3n) is 2.59. The number of hydrogen-bond donors (Lipinski definition) is 1. The molecule has 0 amide bonds. The molecule has 0 aromatic heterocycles. The summed E-state index contributed by atoms with van der Waals surface area (Å²) in [6, 6.07) is 8.46. The number of halogens is 3. The van der Waals surface area contributed by atoms with Crippen molar-refractivity contribution in [2.75, 3.05) is 0 Å². The SMILES string of the molecule is OC1(c2ccccc2)C[C]1CC(F)(F)F. The zero-order chi connectivity index (χ0) is 11.1. The third kappa shape index (κ3) is 2.15. The van der Waals surface area contributed by atoms with Crippen molar-refractivity contribution in [3.63, 3.8) is 0 Å². The largest absolute Gasteiger partial charge is 0.389 e. The van der Waals surface area contributed by atoms with Gasteiger partial charge < -0.3 is 5.11 Å². The molecule has 0 heterocycles. The molecule has 0 spiro atoms. The van der Waals surface area contributed by atoms with Crippen LogP contribution < -0.4 is 0 Å². The van der Waals surface area contributed by atoms with Crippen LogP contribution in [0.4, 0.5) is 13.2 Å². The average molecular weight is 215 g/mol. The zero-order valence-electron chi connectivity index (χ0n) is 7.88. The Morgan fingerprint density at radius 1 is 1.20 bits per heavy atom. The predicted octanol–water partition coefficient (Wildman–Crippen LogP) is 2.80. The Morgan fingerprint density at radius 3 is 2.33 bits per heavy atom. The van der Waals surface area contributed by atoms with Crippen LogP contribution in [0.2, 0.25) is 0 Å². The van der Waals surface area contributed by atoms with Gasteiger partial charge in [-0.25, -0.2) is 0 Å². The molecule has 1 aromatic rings. The van der Waals surface area contributed by atoms with Crippen molar-refractivity contribution < 1.29 is 18.3 Å². The second-order valence-electron chi connectivity index (χ2n) is 3.80. The summed E-state index contributed by atoms with van der Waals surface area (Å²) in [5, 5.41) is 9.89. The van der Waals surface area contributed by atoms with Crippen LogP contribution in [-0.2, 0) is 5.60 Å². The van der Waals surface area contributed by atoms with Crippen LogP contribution >= 0.6 is 0 Å². The third-order valence-corrected chi connectivity index (χ3v) is 2.59. The van der Waals surface area contributed by atoms with Gasteiger partial charge >= 0.3 is 6.18 Å². The number of hydrogen-bond acceptors (Lipinski definition) is 1. The van der Waals surface area contributed by atoms with Crippen molar-refractivity contribution in [3.8, 4) is 0 Å². The molecule has 15 heavy (non-hydrogen) atoms. The summed E-state index contributed by atoms with van der Waals surface area (Å²) in [6.07, 6.45) is -5.09. The molecule has 1 N–H and O–H groups in total. The fraction of sp³-hybridized carbons (Fsp3) is 0.364. The second kappa shape index (κ2) is 3.23. The Kier molecular flexibility index (Phi) is 2.26. The van der Waals surface area contributed by atoms with Crippen molar-refractivity contribution in [2.24, 2.45) is 0 Å². The van der Waals surface area contributed by atoms with Crippen molar-refractivity contribution in [1.29, 1.82) is 0 Å². The van der Waals surface area contributed by atoms with E-state index in [4.69, 9.17) is 0 Å². The molecule has 1 unspecified atom stereocenters. The summed E-state index contributed by atoms with van der Waals surface area (Å²) in [7, 11) is 0. The minimum atomic E-state index is -4.23. The van der Waals surface area contributed by atoms with Gasteiger partial charge in [0.1, 0.15) is 0 Å². The molecule has 1 saturated carbocycles. The molecule has 1 nitrogen and oxygen atoms in total. The minimum absolute atomic E-state index is 0.122. The lowest BCUT2D eigenvalue weighted by molar-refractivity contribution is -0.130. The van der Waals surface area contributed by atoms with Crippen LogP contribution in [0, 0.1) is 5.92 Å². The van der Waals surface area contributed by atoms with Crippen LogP contribution in [0.25, 0.3) is 0 Å². The molecule has 1 radical (unpaired) electrons. The molecule has 0 saturated heterocycles. The molecule has 0 bridgehead atoms. The standard InChI is InChI=1S/C11H10F3O/c12-11(13,14)7-9-6-10(9,15)8-4-2-1-3-5-8/h1-5,15H,6-7H2. The van der Waals surface area contributed by atoms with E-state index >= 15 is 0 Å². The van der Waals surface area contributed by atoms with Crippen LogP contribution in [0.1, 0.15) is 18.4 Å². The van der Waals surface area contributed by atoms with Gasteiger partial charge in [-0.2, -0.15) is 13.2 Å². The van der Waals surface area contributed by atoms with Crippen molar-refractivity contribution >= 4 is 0 Å². The van der Waals surface area contributed by atoms with Gasteiger partial charge in [-0.15, -0.1) is 0 Å². The van der Waals surface area contributed by atoms with E-state index in [2.05, 4.69) is 0 Å². The lowest BCUT2D eigenvalue weighted by Crippen LogP contribution is -2.14. The van der Waals surface area contributed by atoms with E-state index in [0.29, 0.717) is 5.56 Å². The molecule has 1 atom stereocenters. The maximum atomic E-state index is 12.1. The zero-order valence-corrected chi connectivity index (χ0v) is 7.88. The fourth-order valence-electron chi connectivity index (χ4n) is 1.74. The first-order valence-corrected chi connectivity index (χ1v) is 4.62. The Balaban J connectivity index is 2.08. The van der Waals surface area contributed by atoms with E-state index in [1.165, 1.54) is 0 Å². The highest BCUT2D eigenvalue weighted by molar-refractivity contribution is 5.41. The Bertz CT molecular complexity index is 347. The molecular formula is C11H10F3O. The lowest BCUT2D eigenvalue weighted by atomic mass is 10.0. The molecule has 1 fully saturated rings. The van der Waals surface area contributed by atoms with Gasteiger partial charge in [0.05, 0.1) is 12.0 Å². The molecule has 0 aliphatic heterocycles. The number of alkyl halides is 3. The summed E-state index contributed by atoms with van der Waals surface area (Å²) in [5.41, 5.74) is -0.791. The maximum absolute atomic E-state index is 12.1. The van der Waals surface area contributed by atoms with Gasteiger partial charge in [0.2, 0.25) is 0 Å². The molecule has 1 aliphatic rings. The Morgan fingerprint density at radius 2 is 1.80 bits per heavy atom. The summed E-state index contributed by atoms with van der Waals surface area (Å²) in [4.78, 5) is 0. The highest BCUT2D eigenvalue weighted by Crippen LogP contribution is 2.57. The smallest absolute Gasteiger partial charge is 0.385 e. The molecule has 1 aromatic carbocycles. The van der Waals surface area contributed by atoms with Gasteiger partial charge in [0.25, 0.3) is 0 Å². The number of benzene rings is 1. The van der Waals surface area contributed by atoms with Gasteiger partial charge in [0, 0.05) is 5.92 Å².